The van der Waals surface area contributed by atoms with Crippen LogP contribution in [-0.4, -0.2) is 27.1 Å². The van der Waals surface area contributed by atoms with Crippen LogP contribution in [0, 0.1) is 0 Å². The lowest BCUT2D eigenvalue weighted by Gasteiger charge is -2.08. The minimum absolute atomic E-state index is 0.0135. The number of nitrogens with zero attached hydrogens (tertiary/aromatic N) is 2. The highest BCUT2D eigenvalue weighted by Crippen LogP contribution is 2.24. The van der Waals surface area contributed by atoms with Crippen LogP contribution in [0.1, 0.15) is 23.2 Å². The summed E-state index contributed by atoms with van der Waals surface area (Å²) in [6.07, 6.45) is 7.29. The summed E-state index contributed by atoms with van der Waals surface area (Å²) in [7, 11) is 0. The lowest BCUT2D eigenvalue weighted by atomic mass is 10.1. The molecule has 0 saturated carbocycles. The van der Waals surface area contributed by atoms with Crippen molar-refractivity contribution in [1.29, 1.82) is 0 Å². The van der Waals surface area contributed by atoms with Gasteiger partial charge in [0, 0.05) is 25.5 Å². The van der Waals surface area contributed by atoms with E-state index in [1.807, 2.05) is 35.0 Å². The summed E-state index contributed by atoms with van der Waals surface area (Å²) in [6.45, 7) is 1.47. The maximum Gasteiger partial charge on any atom is 0.255 e. The smallest absolute Gasteiger partial charge is 0.255 e. The summed E-state index contributed by atoms with van der Waals surface area (Å²) < 4.78 is 2.01. The summed E-state index contributed by atoms with van der Waals surface area (Å²) in [6, 6.07) is 11.0. The number of benzene rings is 2. The molecule has 0 unspecified atom stereocenters. The normalized spacial score (nSPS) is 10.8. The Morgan fingerprint density at radius 1 is 1.17 bits per heavy atom. The van der Waals surface area contributed by atoms with E-state index in [2.05, 4.69) is 10.3 Å². The highest BCUT2D eigenvalue weighted by Gasteiger charge is 2.11. The highest BCUT2D eigenvalue weighted by atomic mass is 16.3. The largest absolute Gasteiger partial charge is 0.507 e. The Morgan fingerprint density at radius 3 is 2.70 bits per heavy atom. The van der Waals surface area contributed by atoms with Gasteiger partial charge < -0.3 is 15.0 Å². The number of aryl methyl sites for hydroxylation is 1. The lowest BCUT2D eigenvalue weighted by molar-refractivity contribution is 0.0950. The lowest BCUT2D eigenvalue weighted by Crippen LogP contribution is -2.24. The molecule has 3 rings (SSSR count). The van der Waals surface area contributed by atoms with E-state index in [4.69, 9.17) is 0 Å². The van der Waals surface area contributed by atoms with Crippen LogP contribution in [0.15, 0.2) is 55.1 Å². The number of unbranched alkanes of at least 4 members (excludes halogenated alkanes) is 1. The standard InChI is InChI=1S/C18H19N3O2/c22-17-12-15-6-2-1-5-14(15)11-16(17)18(23)20-7-3-4-9-21-10-8-19-13-21/h1-2,5-6,8,10-13,22H,3-4,7,9H2,(H,20,23). The molecule has 2 aromatic carbocycles. The molecule has 0 fully saturated rings. The van der Waals surface area contributed by atoms with Crippen molar-refractivity contribution in [3.05, 3.63) is 60.7 Å². The van der Waals surface area contributed by atoms with Gasteiger partial charge in [-0.15, -0.1) is 0 Å². The molecule has 1 amide bonds. The molecule has 0 radical (unpaired) electrons. The van der Waals surface area contributed by atoms with E-state index in [1.165, 1.54) is 0 Å². The number of nitrogens with one attached hydrogen (secondary N) is 1. The number of aromatic hydroxyl groups is 1. The van der Waals surface area contributed by atoms with E-state index in [1.54, 1.807) is 24.7 Å². The topological polar surface area (TPSA) is 67.2 Å². The molecule has 23 heavy (non-hydrogen) atoms. The molecule has 0 spiro atoms. The van der Waals surface area contributed by atoms with Gasteiger partial charge in [-0.1, -0.05) is 24.3 Å². The molecule has 0 aliphatic rings. The number of fused-ring (bicyclic) bond motifs is 1. The Balaban J connectivity index is 1.54. The number of hydrogen-bond donors (Lipinski definition) is 2. The minimum Gasteiger partial charge on any atom is -0.507 e. The molecule has 0 aliphatic carbocycles. The summed E-state index contributed by atoms with van der Waals surface area (Å²) in [5.41, 5.74) is 0.318. The Kier molecular flexibility index (Phi) is 4.57. The molecule has 0 bridgehead atoms. The fraction of sp³-hybridized carbons (Fsp3) is 0.222. The van der Waals surface area contributed by atoms with Gasteiger partial charge in [0.2, 0.25) is 0 Å². The fourth-order valence-electron chi connectivity index (χ4n) is 2.55. The van der Waals surface area contributed by atoms with Crippen LogP contribution in [-0.2, 0) is 6.54 Å². The van der Waals surface area contributed by atoms with Crippen molar-refractivity contribution in [2.24, 2.45) is 0 Å². The number of rotatable bonds is 6. The van der Waals surface area contributed by atoms with Crippen molar-refractivity contribution in [3.63, 3.8) is 0 Å². The first kappa shape index (κ1) is 15.1. The second-order valence-corrected chi connectivity index (χ2v) is 5.48. The SMILES string of the molecule is O=C(NCCCCn1ccnc1)c1cc2ccccc2cc1O. The number of aromatic nitrogens is 2. The van der Waals surface area contributed by atoms with Crippen LogP contribution in [0.3, 0.4) is 0 Å². The average molecular weight is 309 g/mol. The van der Waals surface area contributed by atoms with Gasteiger partial charge in [0.15, 0.2) is 0 Å². The predicted molar refractivity (Wildman–Crippen MR) is 89.4 cm³/mol. The Hall–Kier alpha value is -2.82. The number of imidazole rings is 1. The summed E-state index contributed by atoms with van der Waals surface area (Å²) in [4.78, 5) is 16.2. The quantitative estimate of drug-likeness (QED) is 0.688. The highest BCUT2D eigenvalue weighted by molar-refractivity contribution is 6.01. The van der Waals surface area contributed by atoms with Gasteiger partial charge >= 0.3 is 0 Å². The van der Waals surface area contributed by atoms with Crippen LogP contribution < -0.4 is 5.32 Å². The Morgan fingerprint density at radius 2 is 1.96 bits per heavy atom. The van der Waals surface area contributed by atoms with E-state index in [9.17, 15) is 9.90 Å². The molecule has 0 atom stereocenters. The van der Waals surface area contributed by atoms with Crippen molar-refractivity contribution < 1.29 is 9.90 Å². The zero-order valence-electron chi connectivity index (χ0n) is 12.8. The van der Waals surface area contributed by atoms with Crippen molar-refractivity contribution in [2.75, 3.05) is 6.54 Å². The van der Waals surface area contributed by atoms with Crippen LogP contribution in [0.4, 0.5) is 0 Å². The van der Waals surface area contributed by atoms with E-state index < -0.39 is 0 Å². The van der Waals surface area contributed by atoms with E-state index >= 15 is 0 Å². The molecule has 1 aromatic heterocycles. The summed E-state index contributed by atoms with van der Waals surface area (Å²) in [5, 5.41) is 14.8. The zero-order valence-corrected chi connectivity index (χ0v) is 12.8. The molecule has 1 heterocycles. The summed E-state index contributed by atoms with van der Waals surface area (Å²) >= 11 is 0. The zero-order chi connectivity index (χ0) is 16.1. The molecular formula is C18H19N3O2. The number of phenolic OH excluding ortho intramolecular Hbond substituents is 1. The number of carbonyl (C=O) groups excluding carboxylic acids is 1. The summed E-state index contributed by atoms with van der Waals surface area (Å²) in [5.74, 6) is -0.226. The first-order valence-corrected chi connectivity index (χ1v) is 7.70. The molecule has 118 valence electrons. The van der Waals surface area contributed by atoms with Crippen LogP contribution in [0.5, 0.6) is 5.75 Å². The van der Waals surface area contributed by atoms with Crippen molar-refractivity contribution in [2.45, 2.75) is 19.4 Å². The molecule has 5 heteroatoms. The van der Waals surface area contributed by atoms with Crippen molar-refractivity contribution in [3.8, 4) is 5.75 Å². The molecular weight excluding hydrogens is 290 g/mol. The molecule has 3 aromatic rings. The predicted octanol–water partition coefficient (Wildman–Crippen LogP) is 2.95. The van der Waals surface area contributed by atoms with Gasteiger partial charge in [0.25, 0.3) is 5.91 Å². The van der Waals surface area contributed by atoms with Crippen LogP contribution in [0.25, 0.3) is 10.8 Å². The Bertz CT molecular complexity index is 797. The van der Waals surface area contributed by atoms with Gasteiger partial charge in [0.05, 0.1) is 11.9 Å². The molecule has 5 nitrogen and oxygen atoms in total. The third-order valence-electron chi connectivity index (χ3n) is 3.80. The van der Waals surface area contributed by atoms with Gasteiger partial charge in [-0.3, -0.25) is 4.79 Å². The van der Waals surface area contributed by atoms with Crippen LogP contribution in [0.2, 0.25) is 0 Å². The van der Waals surface area contributed by atoms with Crippen molar-refractivity contribution >= 4 is 16.7 Å². The maximum absolute atomic E-state index is 12.2. The van der Waals surface area contributed by atoms with Gasteiger partial charge in [0.1, 0.15) is 5.75 Å². The second-order valence-electron chi connectivity index (χ2n) is 5.48. The third-order valence-corrected chi connectivity index (χ3v) is 3.80. The fourth-order valence-corrected chi connectivity index (χ4v) is 2.55. The third kappa shape index (κ3) is 3.69. The van der Waals surface area contributed by atoms with Crippen LogP contribution >= 0.6 is 0 Å². The van der Waals surface area contributed by atoms with Gasteiger partial charge in [-0.05, 0) is 35.7 Å². The average Bonchev–Trinajstić information content (AvgIpc) is 3.07. The Labute approximate surface area is 134 Å². The first-order chi connectivity index (χ1) is 11.2. The van der Waals surface area contributed by atoms with Gasteiger partial charge in [-0.2, -0.15) is 0 Å². The number of amides is 1. The molecule has 2 N–H and O–H groups in total. The minimum atomic E-state index is -0.240. The van der Waals surface area contributed by atoms with E-state index in [-0.39, 0.29) is 11.7 Å². The van der Waals surface area contributed by atoms with E-state index in [0.717, 1.165) is 30.2 Å². The maximum atomic E-state index is 12.2. The van der Waals surface area contributed by atoms with Crippen molar-refractivity contribution in [1.82, 2.24) is 14.9 Å². The number of carbonyl (C=O) groups is 1. The number of hydrogen-bond acceptors (Lipinski definition) is 3. The first-order valence-electron chi connectivity index (χ1n) is 7.70. The van der Waals surface area contributed by atoms with Gasteiger partial charge in [-0.25, -0.2) is 4.98 Å². The monoisotopic (exact) mass is 309 g/mol. The molecule has 0 saturated heterocycles. The number of phenols is 1. The van der Waals surface area contributed by atoms with E-state index in [0.29, 0.717) is 12.1 Å². The molecule has 0 aliphatic heterocycles. The second kappa shape index (κ2) is 6.96.